The van der Waals surface area contributed by atoms with Crippen LogP contribution in [0.4, 0.5) is 0 Å². The molecular weight excluding hydrogens is 312 g/mol. The van der Waals surface area contributed by atoms with Crippen molar-refractivity contribution in [3.05, 3.63) is 12.7 Å². The van der Waals surface area contributed by atoms with Gasteiger partial charge in [-0.2, -0.15) is 0 Å². The summed E-state index contributed by atoms with van der Waals surface area (Å²) in [6.07, 6.45) is 9.24. The maximum absolute atomic E-state index is 12.4. The van der Waals surface area contributed by atoms with E-state index < -0.39 is 0 Å². The summed E-state index contributed by atoms with van der Waals surface area (Å²) in [5, 5.41) is 6.60. The molecule has 0 spiro atoms. The monoisotopic (exact) mass is 352 g/mol. The van der Waals surface area contributed by atoms with E-state index in [1.54, 1.807) is 13.2 Å². The molecule has 1 heterocycles. The summed E-state index contributed by atoms with van der Waals surface area (Å²) >= 11 is 0. The average Bonchev–Trinajstić information content (AvgIpc) is 3.09. The third-order valence-electron chi connectivity index (χ3n) is 5.60. The number of carbonyl (C=O) groups is 1. The molecule has 3 rings (SSSR count). The Morgan fingerprint density at radius 1 is 1.20 bits per heavy atom. The normalized spacial score (nSPS) is 36.2. The van der Waals surface area contributed by atoms with Gasteiger partial charge in [0.15, 0.2) is 0 Å². The molecule has 25 heavy (non-hydrogen) atoms. The van der Waals surface area contributed by atoms with Crippen LogP contribution in [0.5, 0.6) is 0 Å². The van der Waals surface area contributed by atoms with Gasteiger partial charge in [0.1, 0.15) is 0 Å². The van der Waals surface area contributed by atoms with Crippen LogP contribution < -0.4 is 10.6 Å². The van der Waals surface area contributed by atoms with Gasteiger partial charge in [-0.25, -0.2) is 0 Å². The molecule has 4 heteroatoms. The predicted octanol–water partition coefficient (Wildman–Crippen LogP) is 3.91. The fourth-order valence-electron chi connectivity index (χ4n) is 4.57. The van der Waals surface area contributed by atoms with Crippen LogP contribution >= 0.6 is 0 Å². The second-order valence-electron chi connectivity index (χ2n) is 7.59. The van der Waals surface area contributed by atoms with E-state index in [9.17, 15) is 4.79 Å². The molecule has 0 aromatic carbocycles. The van der Waals surface area contributed by atoms with E-state index in [-0.39, 0.29) is 18.1 Å². The van der Waals surface area contributed by atoms with Crippen LogP contribution in [-0.2, 0) is 9.53 Å². The summed E-state index contributed by atoms with van der Waals surface area (Å²) < 4.78 is 5.32. The highest BCUT2D eigenvalue weighted by Gasteiger charge is 2.38. The lowest BCUT2D eigenvalue weighted by Gasteiger charge is -2.43. The number of amides is 1. The summed E-state index contributed by atoms with van der Waals surface area (Å²) in [4.78, 5) is 12.4. The zero-order valence-corrected chi connectivity index (χ0v) is 17.0. The summed E-state index contributed by atoms with van der Waals surface area (Å²) in [6, 6.07) is 0.351. The number of carbonyl (C=O) groups excluding carboxylic acids is 1. The summed E-state index contributed by atoms with van der Waals surface area (Å²) in [6.45, 7) is 12.4. The van der Waals surface area contributed by atoms with Gasteiger partial charge in [-0.05, 0) is 63.2 Å². The molecule has 6 atom stereocenters. The lowest BCUT2D eigenvalue weighted by Crippen LogP contribution is -2.51. The highest BCUT2D eigenvalue weighted by Crippen LogP contribution is 2.42. The number of allylic oxidation sites excluding steroid dienone is 1. The van der Waals surface area contributed by atoms with Crippen molar-refractivity contribution in [1.29, 1.82) is 0 Å². The van der Waals surface area contributed by atoms with E-state index in [4.69, 9.17) is 4.74 Å². The van der Waals surface area contributed by atoms with Crippen molar-refractivity contribution in [2.45, 2.75) is 84.4 Å². The number of ether oxygens (including phenoxy) is 1. The van der Waals surface area contributed by atoms with Crippen LogP contribution in [0.2, 0.25) is 0 Å². The highest BCUT2D eigenvalue weighted by molar-refractivity contribution is 5.82. The Morgan fingerprint density at radius 2 is 1.88 bits per heavy atom. The minimum absolute atomic E-state index is 0.0568. The first-order valence-electron chi connectivity index (χ1n) is 10.2. The number of hydrogen-bond acceptors (Lipinski definition) is 3. The second-order valence-corrected chi connectivity index (χ2v) is 7.59. The maximum atomic E-state index is 12.4. The van der Waals surface area contributed by atoms with Gasteiger partial charge in [-0.3, -0.25) is 4.79 Å². The third kappa shape index (κ3) is 6.74. The molecule has 2 saturated carbocycles. The molecule has 0 radical (unpaired) electrons. The van der Waals surface area contributed by atoms with E-state index in [0.717, 1.165) is 24.8 Å². The summed E-state index contributed by atoms with van der Waals surface area (Å²) in [7, 11) is 1.72. The molecule has 1 saturated heterocycles. The number of rotatable bonds is 3. The van der Waals surface area contributed by atoms with Crippen LogP contribution in [-0.4, -0.2) is 37.7 Å². The molecule has 0 aromatic heterocycles. The van der Waals surface area contributed by atoms with Crippen molar-refractivity contribution >= 4 is 5.91 Å². The Morgan fingerprint density at radius 3 is 2.48 bits per heavy atom. The number of fused-ring (bicyclic) bond motifs is 2. The molecule has 2 aliphatic carbocycles. The van der Waals surface area contributed by atoms with Crippen molar-refractivity contribution in [2.24, 2.45) is 17.8 Å². The molecule has 1 amide bonds. The second kappa shape index (κ2) is 11.7. The molecule has 146 valence electrons. The maximum Gasteiger partial charge on any atom is 0.237 e. The van der Waals surface area contributed by atoms with Gasteiger partial charge in [-0.15, -0.1) is 6.58 Å². The lowest BCUT2D eigenvalue weighted by atomic mass is 9.66. The first kappa shape index (κ1) is 22.2. The van der Waals surface area contributed by atoms with Crippen molar-refractivity contribution in [1.82, 2.24) is 10.6 Å². The first-order chi connectivity index (χ1) is 12.1. The quantitative estimate of drug-likeness (QED) is 0.757. The first-order valence-corrected chi connectivity index (χ1v) is 10.2. The molecule has 3 fully saturated rings. The Hall–Kier alpha value is -0.870. The Kier molecular flexibility index (Phi) is 10.4. The van der Waals surface area contributed by atoms with Crippen LogP contribution in [0.25, 0.3) is 0 Å². The molecule has 0 aromatic rings. The highest BCUT2D eigenvalue weighted by atomic mass is 16.5. The minimum atomic E-state index is -0.0568. The molecule has 2 bridgehead atoms. The van der Waals surface area contributed by atoms with Gasteiger partial charge in [0.2, 0.25) is 5.91 Å². The van der Waals surface area contributed by atoms with E-state index in [1.165, 1.54) is 32.1 Å². The van der Waals surface area contributed by atoms with E-state index in [1.807, 2.05) is 20.8 Å². The van der Waals surface area contributed by atoms with Crippen molar-refractivity contribution < 1.29 is 9.53 Å². The van der Waals surface area contributed by atoms with E-state index >= 15 is 0 Å². The van der Waals surface area contributed by atoms with Crippen LogP contribution in [0.15, 0.2) is 12.7 Å². The lowest BCUT2D eigenvalue weighted by molar-refractivity contribution is -0.124. The Balaban J connectivity index is 0.000000567. The van der Waals surface area contributed by atoms with Crippen molar-refractivity contribution in [3.8, 4) is 0 Å². The smallest absolute Gasteiger partial charge is 0.237 e. The van der Waals surface area contributed by atoms with Gasteiger partial charge in [0.05, 0.1) is 12.1 Å². The molecular formula is C21H40N2O2. The van der Waals surface area contributed by atoms with E-state index in [2.05, 4.69) is 24.1 Å². The topological polar surface area (TPSA) is 50.4 Å². The Labute approximate surface area is 155 Å². The van der Waals surface area contributed by atoms with Crippen LogP contribution in [0.1, 0.15) is 66.2 Å². The molecule has 2 N–H and O–H groups in total. The van der Waals surface area contributed by atoms with Gasteiger partial charge < -0.3 is 15.4 Å². The largest absolute Gasteiger partial charge is 0.380 e. The van der Waals surface area contributed by atoms with E-state index in [0.29, 0.717) is 12.0 Å². The van der Waals surface area contributed by atoms with Gasteiger partial charge in [-0.1, -0.05) is 26.8 Å². The predicted molar refractivity (Wildman–Crippen MR) is 106 cm³/mol. The minimum Gasteiger partial charge on any atom is -0.380 e. The number of methoxy groups -OCH3 is 1. The molecule has 4 nitrogen and oxygen atoms in total. The van der Waals surface area contributed by atoms with Gasteiger partial charge in [0.25, 0.3) is 0 Å². The van der Waals surface area contributed by atoms with Crippen molar-refractivity contribution in [2.75, 3.05) is 13.7 Å². The van der Waals surface area contributed by atoms with Crippen LogP contribution in [0.3, 0.4) is 0 Å². The Bertz CT molecular complexity index is 397. The SMILES string of the molecule is C=CC.CC.COC1CNC(C(=O)NC2CCC3CC(C)CC2C3)C1. The third-order valence-corrected chi connectivity index (χ3v) is 5.60. The zero-order chi connectivity index (χ0) is 18.8. The number of nitrogens with one attached hydrogen (secondary N) is 2. The molecule has 1 aliphatic heterocycles. The average molecular weight is 353 g/mol. The standard InChI is InChI=1S/C16H28N2O2.C3H6.C2H6/c1-10-5-11-3-4-14(12(6-10)7-11)18-16(19)15-8-13(20-2)9-17-15;1-3-2;1-2/h10-15,17H,3-9H2,1-2H3,(H,18,19);3H,1H2,2H3;1-2H3. The van der Waals surface area contributed by atoms with Gasteiger partial charge in [0, 0.05) is 19.7 Å². The fourth-order valence-corrected chi connectivity index (χ4v) is 4.57. The summed E-state index contributed by atoms with van der Waals surface area (Å²) in [5.41, 5.74) is 0. The summed E-state index contributed by atoms with van der Waals surface area (Å²) in [5.74, 6) is 2.65. The van der Waals surface area contributed by atoms with Gasteiger partial charge >= 0.3 is 0 Å². The van der Waals surface area contributed by atoms with Crippen LogP contribution in [0, 0.1) is 17.8 Å². The molecule has 3 aliphatic rings. The molecule has 6 unspecified atom stereocenters. The van der Waals surface area contributed by atoms with Crippen molar-refractivity contribution in [3.63, 3.8) is 0 Å². The number of hydrogen-bond donors (Lipinski definition) is 2. The fraction of sp³-hybridized carbons (Fsp3) is 0.857. The zero-order valence-electron chi connectivity index (χ0n) is 17.0.